The standard InChI is InChI=1S/C19H23N3O/c1-13-4-6-16(7-5-13)17-8-10-22(11-9-17)19(23)18-12-20-15(3)21-14(18)2/h4-7,12,17H,8-11H2,1-3H3. The summed E-state index contributed by atoms with van der Waals surface area (Å²) in [6, 6.07) is 8.77. The van der Waals surface area contributed by atoms with E-state index in [2.05, 4.69) is 41.2 Å². The van der Waals surface area contributed by atoms with Gasteiger partial charge in [0.15, 0.2) is 0 Å². The Morgan fingerprint density at radius 2 is 1.74 bits per heavy atom. The van der Waals surface area contributed by atoms with Crippen LogP contribution in [0.25, 0.3) is 0 Å². The van der Waals surface area contributed by atoms with Crippen LogP contribution < -0.4 is 0 Å². The number of hydrogen-bond acceptors (Lipinski definition) is 3. The predicted molar refractivity (Wildman–Crippen MR) is 90.6 cm³/mol. The lowest BCUT2D eigenvalue weighted by atomic mass is 9.89. The molecule has 1 aliphatic rings. The second kappa shape index (κ2) is 6.49. The van der Waals surface area contributed by atoms with Crippen molar-refractivity contribution in [2.75, 3.05) is 13.1 Å². The summed E-state index contributed by atoms with van der Waals surface area (Å²) in [6.45, 7) is 7.42. The molecule has 0 N–H and O–H groups in total. The van der Waals surface area contributed by atoms with E-state index in [0.717, 1.165) is 31.6 Å². The summed E-state index contributed by atoms with van der Waals surface area (Å²) in [5.74, 6) is 1.32. The monoisotopic (exact) mass is 309 g/mol. The zero-order valence-electron chi connectivity index (χ0n) is 14.0. The van der Waals surface area contributed by atoms with Crippen LogP contribution in [0, 0.1) is 20.8 Å². The van der Waals surface area contributed by atoms with Gasteiger partial charge in [-0.2, -0.15) is 0 Å². The number of aryl methyl sites for hydroxylation is 3. The Morgan fingerprint density at radius 3 is 2.35 bits per heavy atom. The summed E-state index contributed by atoms with van der Waals surface area (Å²) >= 11 is 0. The second-order valence-corrected chi connectivity index (χ2v) is 6.39. The van der Waals surface area contributed by atoms with Gasteiger partial charge >= 0.3 is 0 Å². The van der Waals surface area contributed by atoms with Crippen LogP contribution in [0.2, 0.25) is 0 Å². The number of carbonyl (C=O) groups is 1. The van der Waals surface area contributed by atoms with Crippen LogP contribution in [-0.2, 0) is 0 Å². The van der Waals surface area contributed by atoms with Gasteiger partial charge in [-0.15, -0.1) is 0 Å². The van der Waals surface area contributed by atoms with Gasteiger partial charge in [0.25, 0.3) is 5.91 Å². The minimum Gasteiger partial charge on any atom is -0.339 e. The normalized spacial score (nSPS) is 15.7. The molecule has 120 valence electrons. The Labute approximate surface area is 137 Å². The molecule has 2 heterocycles. The summed E-state index contributed by atoms with van der Waals surface area (Å²) < 4.78 is 0. The molecule has 0 saturated carbocycles. The fourth-order valence-electron chi connectivity index (χ4n) is 3.22. The number of rotatable bonds is 2. The molecule has 1 amide bonds. The third kappa shape index (κ3) is 3.41. The molecule has 1 fully saturated rings. The minimum absolute atomic E-state index is 0.0601. The average molecular weight is 309 g/mol. The fourth-order valence-corrected chi connectivity index (χ4v) is 3.22. The first-order valence-corrected chi connectivity index (χ1v) is 8.20. The van der Waals surface area contributed by atoms with E-state index in [1.807, 2.05) is 18.7 Å². The van der Waals surface area contributed by atoms with E-state index in [0.29, 0.717) is 17.3 Å². The topological polar surface area (TPSA) is 46.1 Å². The van der Waals surface area contributed by atoms with E-state index < -0.39 is 0 Å². The molecule has 0 bridgehead atoms. The van der Waals surface area contributed by atoms with Crippen LogP contribution in [0.3, 0.4) is 0 Å². The number of amides is 1. The van der Waals surface area contributed by atoms with Crippen molar-refractivity contribution in [3.8, 4) is 0 Å². The number of nitrogens with zero attached hydrogens (tertiary/aromatic N) is 3. The van der Waals surface area contributed by atoms with Gasteiger partial charge in [0.05, 0.1) is 11.3 Å². The van der Waals surface area contributed by atoms with Gasteiger partial charge < -0.3 is 4.90 Å². The van der Waals surface area contributed by atoms with E-state index in [-0.39, 0.29) is 5.91 Å². The molecule has 1 aliphatic heterocycles. The highest BCUT2D eigenvalue weighted by molar-refractivity contribution is 5.95. The molecule has 0 atom stereocenters. The van der Waals surface area contributed by atoms with E-state index in [4.69, 9.17) is 0 Å². The van der Waals surface area contributed by atoms with Gasteiger partial charge in [0.2, 0.25) is 0 Å². The second-order valence-electron chi connectivity index (χ2n) is 6.39. The first-order valence-electron chi connectivity index (χ1n) is 8.20. The number of carbonyl (C=O) groups excluding carboxylic acids is 1. The number of aromatic nitrogens is 2. The summed E-state index contributed by atoms with van der Waals surface area (Å²) in [5.41, 5.74) is 4.07. The highest BCUT2D eigenvalue weighted by Gasteiger charge is 2.25. The summed E-state index contributed by atoms with van der Waals surface area (Å²) in [5, 5.41) is 0. The largest absolute Gasteiger partial charge is 0.339 e. The number of benzene rings is 1. The van der Waals surface area contributed by atoms with Gasteiger partial charge in [0.1, 0.15) is 5.82 Å². The molecule has 4 heteroatoms. The Morgan fingerprint density at radius 1 is 1.09 bits per heavy atom. The van der Waals surface area contributed by atoms with Crippen molar-refractivity contribution in [3.63, 3.8) is 0 Å². The molecule has 0 radical (unpaired) electrons. The van der Waals surface area contributed by atoms with Gasteiger partial charge in [-0.1, -0.05) is 29.8 Å². The molecule has 1 saturated heterocycles. The van der Waals surface area contributed by atoms with Crippen LogP contribution in [0.4, 0.5) is 0 Å². The summed E-state index contributed by atoms with van der Waals surface area (Å²) in [4.78, 5) is 23.1. The molecule has 23 heavy (non-hydrogen) atoms. The molecule has 0 aliphatic carbocycles. The molecule has 2 aromatic rings. The maximum Gasteiger partial charge on any atom is 0.257 e. The molecule has 1 aromatic carbocycles. The number of hydrogen-bond donors (Lipinski definition) is 0. The SMILES string of the molecule is Cc1ccc(C2CCN(C(=O)c3cnc(C)nc3C)CC2)cc1. The summed E-state index contributed by atoms with van der Waals surface area (Å²) in [7, 11) is 0. The smallest absolute Gasteiger partial charge is 0.257 e. The lowest BCUT2D eigenvalue weighted by Gasteiger charge is -2.32. The van der Waals surface area contributed by atoms with E-state index in [9.17, 15) is 4.79 Å². The average Bonchev–Trinajstić information content (AvgIpc) is 2.55. The summed E-state index contributed by atoms with van der Waals surface area (Å²) in [6.07, 6.45) is 3.69. The van der Waals surface area contributed by atoms with Crippen molar-refractivity contribution >= 4 is 5.91 Å². The Hall–Kier alpha value is -2.23. The van der Waals surface area contributed by atoms with Crippen molar-refractivity contribution in [1.82, 2.24) is 14.9 Å². The number of likely N-dealkylation sites (tertiary alicyclic amines) is 1. The molecule has 0 unspecified atom stereocenters. The Bertz CT molecular complexity index is 701. The third-order valence-electron chi connectivity index (χ3n) is 4.66. The molecular formula is C19H23N3O. The maximum absolute atomic E-state index is 12.7. The first-order chi connectivity index (χ1) is 11.0. The minimum atomic E-state index is 0.0601. The van der Waals surface area contributed by atoms with Crippen LogP contribution in [0.15, 0.2) is 30.5 Å². The van der Waals surface area contributed by atoms with E-state index in [1.54, 1.807) is 6.20 Å². The lowest BCUT2D eigenvalue weighted by molar-refractivity contribution is 0.0711. The molecule has 0 spiro atoms. The van der Waals surface area contributed by atoms with E-state index in [1.165, 1.54) is 11.1 Å². The Balaban J connectivity index is 1.66. The van der Waals surface area contributed by atoms with Crippen molar-refractivity contribution in [2.45, 2.75) is 39.5 Å². The van der Waals surface area contributed by atoms with Crippen molar-refractivity contribution in [3.05, 3.63) is 58.7 Å². The predicted octanol–water partition coefficient (Wildman–Crippen LogP) is 3.42. The van der Waals surface area contributed by atoms with Crippen LogP contribution in [0.1, 0.15) is 51.8 Å². The van der Waals surface area contributed by atoms with Crippen molar-refractivity contribution in [1.29, 1.82) is 0 Å². The number of piperidine rings is 1. The van der Waals surface area contributed by atoms with E-state index >= 15 is 0 Å². The van der Waals surface area contributed by atoms with Gasteiger partial charge in [-0.25, -0.2) is 9.97 Å². The molecular weight excluding hydrogens is 286 g/mol. The lowest BCUT2D eigenvalue weighted by Crippen LogP contribution is -2.38. The van der Waals surface area contributed by atoms with Crippen LogP contribution >= 0.6 is 0 Å². The zero-order valence-corrected chi connectivity index (χ0v) is 14.0. The van der Waals surface area contributed by atoms with Crippen molar-refractivity contribution < 1.29 is 4.79 Å². The zero-order chi connectivity index (χ0) is 16.4. The fraction of sp³-hybridized carbons (Fsp3) is 0.421. The van der Waals surface area contributed by atoms with Gasteiger partial charge in [-0.05, 0) is 45.1 Å². The maximum atomic E-state index is 12.7. The molecule has 3 rings (SSSR count). The molecule has 1 aromatic heterocycles. The highest BCUT2D eigenvalue weighted by Crippen LogP contribution is 2.28. The molecule has 4 nitrogen and oxygen atoms in total. The van der Waals surface area contributed by atoms with Crippen LogP contribution in [-0.4, -0.2) is 33.9 Å². The van der Waals surface area contributed by atoms with Gasteiger partial charge in [-0.3, -0.25) is 4.79 Å². The van der Waals surface area contributed by atoms with Crippen molar-refractivity contribution in [2.24, 2.45) is 0 Å². The quantitative estimate of drug-likeness (QED) is 0.854. The highest BCUT2D eigenvalue weighted by atomic mass is 16.2. The Kier molecular flexibility index (Phi) is 4.42. The van der Waals surface area contributed by atoms with Crippen LogP contribution in [0.5, 0.6) is 0 Å². The van der Waals surface area contributed by atoms with Gasteiger partial charge in [0, 0.05) is 19.3 Å². The first kappa shape index (κ1) is 15.7. The third-order valence-corrected chi connectivity index (χ3v) is 4.66.